The van der Waals surface area contributed by atoms with E-state index in [-0.39, 0.29) is 17.6 Å². The molecule has 0 aliphatic carbocycles. The van der Waals surface area contributed by atoms with Crippen LogP contribution in [0.2, 0.25) is 23.7 Å². The lowest BCUT2D eigenvalue weighted by Gasteiger charge is -2.33. The Balaban J connectivity index is 4.63. The summed E-state index contributed by atoms with van der Waals surface area (Å²) in [7, 11) is -1.43. The summed E-state index contributed by atoms with van der Waals surface area (Å²) in [4.78, 5) is 11.9. The summed E-state index contributed by atoms with van der Waals surface area (Å²) in [5, 5.41) is 0. The fourth-order valence-electron chi connectivity index (χ4n) is 2.25. The summed E-state index contributed by atoms with van der Waals surface area (Å²) in [5.41, 5.74) is 0.139. The van der Waals surface area contributed by atoms with Crippen LogP contribution in [-0.2, 0) is 9.53 Å². The lowest BCUT2D eigenvalue weighted by Crippen LogP contribution is -2.41. The normalized spacial score (nSPS) is 14.1. The van der Waals surface area contributed by atoms with E-state index in [2.05, 4.69) is 27.7 Å². The zero-order valence-electron chi connectivity index (χ0n) is 11.1. The fourth-order valence-corrected chi connectivity index (χ4v) is 6.16. The van der Waals surface area contributed by atoms with Crippen molar-refractivity contribution in [2.75, 3.05) is 0 Å². The van der Waals surface area contributed by atoms with Crippen molar-refractivity contribution in [1.29, 1.82) is 0 Å². The van der Waals surface area contributed by atoms with Crippen LogP contribution in [-0.4, -0.2) is 20.1 Å². The van der Waals surface area contributed by atoms with Gasteiger partial charge in [-0.15, -0.1) is 0 Å². The van der Waals surface area contributed by atoms with Crippen molar-refractivity contribution in [2.24, 2.45) is 0 Å². The van der Waals surface area contributed by atoms with Gasteiger partial charge in [-0.25, -0.2) is 0 Å². The van der Waals surface area contributed by atoms with Gasteiger partial charge in [0, 0.05) is 5.54 Å². The molecule has 1 atom stereocenters. The minimum Gasteiger partial charge on any atom is -0.463 e. The maximum Gasteiger partial charge on any atom is 0.306 e. The van der Waals surface area contributed by atoms with E-state index in [1.807, 2.05) is 13.8 Å². The Hall–Kier alpha value is -0.313. The maximum atomic E-state index is 11.9. The van der Waals surface area contributed by atoms with Gasteiger partial charge < -0.3 is 4.74 Å². The van der Waals surface area contributed by atoms with Crippen LogP contribution in [0.5, 0.6) is 0 Å². The van der Waals surface area contributed by atoms with Crippen molar-refractivity contribution in [3.05, 3.63) is 0 Å². The Bertz CT molecular complexity index is 190. The van der Waals surface area contributed by atoms with E-state index in [1.54, 1.807) is 0 Å². The predicted octanol–water partition coefficient (Wildman–Crippen LogP) is 3.84. The Morgan fingerprint density at radius 2 is 1.47 bits per heavy atom. The molecule has 0 aromatic carbocycles. The Kier molecular flexibility index (Phi) is 6.18. The van der Waals surface area contributed by atoms with Crippen molar-refractivity contribution < 1.29 is 9.53 Å². The van der Waals surface area contributed by atoms with E-state index in [4.69, 9.17) is 4.74 Å². The number of carbonyl (C=O) groups is 1. The highest BCUT2D eigenvalue weighted by Gasteiger charge is 2.38. The van der Waals surface area contributed by atoms with Crippen molar-refractivity contribution in [2.45, 2.75) is 71.3 Å². The molecule has 2 nitrogen and oxygen atoms in total. The van der Waals surface area contributed by atoms with Crippen LogP contribution in [0, 0.1) is 0 Å². The van der Waals surface area contributed by atoms with Crippen molar-refractivity contribution >= 4 is 14.0 Å². The van der Waals surface area contributed by atoms with Gasteiger partial charge in [-0.2, -0.15) is 0 Å². The maximum absolute atomic E-state index is 11.9. The van der Waals surface area contributed by atoms with E-state index < -0.39 is 8.07 Å². The molecule has 3 heteroatoms. The minimum atomic E-state index is -1.43. The molecule has 0 N–H and O–H groups in total. The van der Waals surface area contributed by atoms with Gasteiger partial charge in [-0.05, 0) is 13.8 Å². The van der Waals surface area contributed by atoms with Gasteiger partial charge >= 0.3 is 5.97 Å². The van der Waals surface area contributed by atoms with E-state index in [0.29, 0.717) is 0 Å². The number of esters is 1. The smallest absolute Gasteiger partial charge is 0.306 e. The molecule has 0 spiro atoms. The first kappa shape index (κ1) is 14.7. The van der Waals surface area contributed by atoms with Crippen LogP contribution in [0.4, 0.5) is 0 Å². The Morgan fingerprint density at radius 1 is 1.07 bits per heavy atom. The first-order chi connectivity index (χ1) is 6.93. The highest BCUT2D eigenvalue weighted by molar-refractivity contribution is 6.83. The molecule has 0 aromatic heterocycles. The number of rotatable bonds is 6. The second kappa shape index (κ2) is 6.31. The average molecular weight is 230 g/mol. The lowest BCUT2D eigenvalue weighted by molar-refractivity contribution is -0.147. The highest BCUT2D eigenvalue weighted by Crippen LogP contribution is 2.34. The quantitative estimate of drug-likeness (QED) is 0.512. The molecule has 1 unspecified atom stereocenters. The van der Waals surface area contributed by atoms with E-state index in [0.717, 1.165) is 0 Å². The van der Waals surface area contributed by atoms with Gasteiger partial charge in [0.1, 0.15) is 0 Å². The molecule has 0 saturated carbocycles. The molecule has 0 amide bonds. The number of hydrogen-bond acceptors (Lipinski definition) is 2. The first-order valence-electron chi connectivity index (χ1n) is 6.14. The van der Waals surface area contributed by atoms with Gasteiger partial charge in [0.25, 0.3) is 0 Å². The van der Waals surface area contributed by atoms with Crippen molar-refractivity contribution in [3.8, 4) is 0 Å². The summed E-state index contributed by atoms with van der Waals surface area (Å²) in [6.07, 6.45) is 0.0113. The third kappa shape index (κ3) is 3.63. The number of hydrogen-bond donors (Lipinski definition) is 0. The summed E-state index contributed by atoms with van der Waals surface area (Å²) < 4.78 is 5.32. The molecule has 0 radical (unpaired) electrons. The molecule has 15 heavy (non-hydrogen) atoms. The number of ether oxygens (including phenoxy) is 1. The van der Waals surface area contributed by atoms with Crippen molar-refractivity contribution in [3.63, 3.8) is 0 Å². The average Bonchev–Trinajstić information content (AvgIpc) is 2.20. The first-order valence-corrected chi connectivity index (χ1v) is 8.83. The zero-order chi connectivity index (χ0) is 12.1. The molecule has 90 valence electrons. The molecular weight excluding hydrogens is 204 g/mol. The fraction of sp³-hybridized carbons (Fsp3) is 0.917. The summed E-state index contributed by atoms with van der Waals surface area (Å²) in [6.45, 7) is 12.6. The van der Waals surface area contributed by atoms with Gasteiger partial charge in [0.15, 0.2) is 0 Å². The summed E-state index contributed by atoms with van der Waals surface area (Å²) in [5.74, 6) is 0.0159. The minimum absolute atomic E-state index is 0.0113. The van der Waals surface area contributed by atoms with Crippen LogP contribution in [0.15, 0.2) is 0 Å². The summed E-state index contributed by atoms with van der Waals surface area (Å²) in [6, 6.07) is 3.52. The molecular formula is C12H26O2Si. The van der Waals surface area contributed by atoms with Crippen LogP contribution < -0.4 is 0 Å². The largest absolute Gasteiger partial charge is 0.463 e. The topological polar surface area (TPSA) is 26.3 Å². The Morgan fingerprint density at radius 3 is 1.73 bits per heavy atom. The predicted molar refractivity (Wildman–Crippen MR) is 67.8 cm³/mol. The van der Waals surface area contributed by atoms with Gasteiger partial charge in [-0.1, -0.05) is 45.8 Å². The molecule has 0 fully saturated rings. The van der Waals surface area contributed by atoms with E-state index in [1.165, 1.54) is 18.1 Å². The van der Waals surface area contributed by atoms with E-state index in [9.17, 15) is 4.79 Å². The molecule has 0 aliphatic heterocycles. The van der Waals surface area contributed by atoms with Crippen LogP contribution in [0.1, 0.15) is 41.5 Å². The molecule has 0 rings (SSSR count). The van der Waals surface area contributed by atoms with Crippen LogP contribution in [0.25, 0.3) is 0 Å². The van der Waals surface area contributed by atoms with Gasteiger partial charge in [0.05, 0.1) is 14.2 Å². The van der Waals surface area contributed by atoms with E-state index >= 15 is 0 Å². The molecule has 0 aromatic rings. The van der Waals surface area contributed by atoms with Crippen LogP contribution >= 0.6 is 0 Å². The van der Waals surface area contributed by atoms with Gasteiger partial charge in [-0.3, -0.25) is 4.79 Å². The second-order valence-corrected chi connectivity index (χ2v) is 10.3. The molecule has 0 heterocycles. The highest BCUT2D eigenvalue weighted by atomic mass is 28.3. The third-order valence-corrected chi connectivity index (χ3v) is 10.0. The third-order valence-electron chi connectivity index (χ3n) is 3.74. The Labute approximate surface area is 95.4 Å². The SMILES string of the molecule is CC[Si](CC)(CC)C(C)C(=O)OC(C)C. The van der Waals surface area contributed by atoms with Gasteiger partial charge in [0.2, 0.25) is 0 Å². The summed E-state index contributed by atoms with van der Waals surface area (Å²) >= 11 is 0. The monoisotopic (exact) mass is 230 g/mol. The lowest BCUT2D eigenvalue weighted by atomic mass is 10.4. The molecule has 0 aliphatic rings. The van der Waals surface area contributed by atoms with Crippen molar-refractivity contribution in [1.82, 2.24) is 0 Å². The number of carbonyl (C=O) groups excluding carboxylic acids is 1. The standard InChI is InChI=1S/C12H26O2Si/c1-7-15(8-2,9-3)11(6)12(13)14-10(4)5/h10-11H,7-9H2,1-6H3. The second-order valence-electron chi connectivity index (χ2n) is 4.63. The van der Waals surface area contributed by atoms with Crippen LogP contribution in [0.3, 0.4) is 0 Å². The molecule has 0 saturated heterocycles. The zero-order valence-corrected chi connectivity index (χ0v) is 12.1. The molecule has 0 bridgehead atoms.